The van der Waals surface area contributed by atoms with Crippen molar-refractivity contribution in [1.82, 2.24) is 0 Å². The van der Waals surface area contributed by atoms with Gasteiger partial charge in [0, 0.05) is 5.56 Å². The summed E-state index contributed by atoms with van der Waals surface area (Å²) in [5.41, 5.74) is 1.20. The highest BCUT2D eigenvalue weighted by Gasteiger charge is 2.19. The first-order valence-electron chi connectivity index (χ1n) is 7.19. The molecule has 2 rings (SSSR count). The lowest BCUT2D eigenvalue weighted by Crippen LogP contribution is -2.14. The van der Waals surface area contributed by atoms with E-state index in [1.54, 1.807) is 20.8 Å². The molecule has 7 nitrogen and oxygen atoms in total. The SMILES string of the molecule is Cc1oc(C)c(C(=O)OCCOc2ccc(S(N)(=O)=O)cc2)c1C. The van der Waals surface area contributed by atoms with E-state index in [0.717, 1.165) is 5.56 Å². The number of furan rings is 1. The van der Waals surface area contributed by atoms with Crippen molar-refractivity contribution in [3.63, 3.8) is 0 Å². The van der Waals surface area contributed by atoms with Crippen LogP contribution in [0.3, 0.4) is 0 Å². The minimum absolute atomic E-state index is 0.00237. The van der Waals surface area contributed by atoms with Crippen molar-refractivity contribution < 1.29 is 27.1 Å². The molecule has 0 saturated carbocycles. The summed E-state index contributed by atoms with van der Waals surface area (Å²) >= 11 is 0. The van der Waals surface area contributed by atoms with Gasteiger partial charge in [0.25, 0.3) is 0 Å². The molecule has 1 aromatic heterocycles. The number of hydrogen-bond acceptors (Lipinski definition) is 6. The molecule has 2 N–H and O–H groups in total. The van der Waals surface area contributed by atoms with E-state index in [1.165, 1.54) is 24.3 Å². The fraction of sp³-hybridized carbons (Fsp3) is 0.312. The van der Waals surface area contributed by atoms with Gasteiger partial charge in [-0.05, 0) is 45.0 Å². The molecule has 0 fully saturated rings. The van der Waals surface area contributed by atoms with E-state index in [4.69, 9.17) is 19.0 Å². The number of primary sulfonamides is 1. The Hall–Kier alpha value is -2.32. The summed E-state index contributed by atoms with van der Waals surface area (Å²) in [5.74, 6) is 1.19. The minimum atomic E-state index is -3.73. The molecule has 0 amide bonds. The molecule has 0 spiro atoms. The number of ether oxygens (including phenoxy) is 2. The molecular weight excluding hydrogens is 334 g/mol. The van der Waals surface area contributed by atoms with E-state index >= 15 is 0 Å². The zero-order valence-electron chi connectivity index (χ0n) is 13.7. The number of nitrogens with two attached hydrogens (primary N) is 1. The summed E-state index contributed by atoms with van der Waals surface area (Å²) in [6.07, 6.45) is 0. The first-order valence-corrected chi connectivity index (χ1v) is 8.74. The van der Waals surface area contributed by atoms with Gasteiger partial charge in [0.05, 0.1) is 4.90 Å². The van der Waals surface area contributed by atoms with Crippen molar-refractivity contribution in [2.75, 3.05) is 13.2 Å². The largest absolute Gasteiger partial charge is 0.490 e. The predicted octanol–water partition coefficient (Wildman–Crippen LogP) is 2.09. The molecule has 130 valence electrons. The van der Waals surface area contributed by atoms with Gasteiger partial charge in [-0.15, -0.1) is 0 Å². The third kappa shape index (κ3) is 4.15. The normalized spacial score (nSPS) is 11.3. The van der Waals surface area contributed by atoms with Crippen LogP contribution >= 0.6 is 0 Å². The van der Waals surface area contributed by atoms with Crippen LogP contribution in [0.2, 0.25) is 0 Å². The fourth-order valence-electron chi connectivity index (χ4n) is 2.19. The quantitative estimate of drug-likeness (QED) is 0.629. The van der Waals surface area contributed by atoms with Gasteiger partial charge in [0.1, 0.15) is 36.0 Å². The van der Waals surface area contributed by atoms with Crippen LogP contribution < -0.4 is 9.88 Å². The third-order valence-electron chi connectivity index (χ3n) is 3.50. The third-order valence-corrected chi connectivity index (χ3v) is 4.43. The maximum absolute atomic E-state index is 12.0. The molecule has 0 aliphatic carbocycles. The average molecular weight is 353 g/mol. The molecule has 0 saturated heterocycles. The maximum atomic E-state index is 12.0. The summed E-state index contributed by atoms with van der Waals surface area (Å²) in [5, 5.41) is 5.01. The highest BCUT2D eigenvalue weighted by molar-refractivity contribution is 7.89. The van der Waals surface area contributed by atoms with E-state index in [9.17, 15) is 13.2 Å². The molecule has 1 aromatic carbocycles. The predicted molar refractivity (Wildman–Crippen MR) is 86.5 cm³/mol. The first-order chi connectivity index (χ1) is 11.2. The molecule has 1 heterocycles. The Balaban J connectivity index is 1.86. The van der Waals surface area contributed by atoms with Crippen molar-refractivity contribution in [3.05, 3.63) is 46.9 Å². The summed E-state index contributed by atoms with van der Waals surface area (Å²) in [4.78, 5) is 12.1. The van der Waals surface area contributed by atoms with Crippen LogP contribution in [0.5, 0.6) is 5.75 Å². The lowest BCUT2D eigenvalue weighted by Gasteiger charge is -2.08. The molecule has 0 radical (unpaired) electrons. The van der Waals surface area contributed by atoms with Crippen molar-refractivity contribution in [2.45, 2.75) is 25.7 Å². The monoisotopic (exact) mass is 353 g/mol. The van der Waals surface area contributed by atoms with Gasteiger partial charge in [-0.2, -0.15) is 0 Å². The van der Waals surface area contributed by atoms with Crippen LogP contribution in [-0.4, -0.2) is 27.6 Å². The van der Waals surface area contributed by atoms with Gasteiger partial charge in [-0.25, -0.2) is 18.4 Å². The molecule has 0 aliphatic heterocycles. The topological polar surface area (TPSA) is 109 Å². The Morgan fingerprint density at radius 2 is 1.71 bits per heavy atom. The molecule has 24 heavy (non-hydrogen) atoms. The zero-order valence-corrected chi connectivity index (χ0v) is 14.5. The number of aryl methyl sites for hydroxylation is 2. The summed E-state index contributed by atoms with van der Waals surface area (Å²) in [7, 11) is -3.73. The number of benzene rings is 1. The Labute approximate surface area is 140 Å². The number of carbonyl (C=O) groups excluding carboxylic acids is 1. The van der Waals surface area contributed by atoms with E-state index in [1.807, 2.05) is 0 Å². The second kappa shape index (κ2) is 7.06. The van der Waals surface area contributed by atoms with Gasteiger partial charge >= 0.3 is 5.97 Å². The van der Waals surface area contributed by atoms with Crippen LogP contribution in [0.1, 0.15) is 27.4 Å². The standard InChI is InChI=1S/C16H19NO6S/c1-10-11(2)23-12(3)15(10)16(18)22-9-8-21-13-4-6-14(7-5-13)24(17,19)20/h4-7H,8-9H2,1-3H3,(H2,17,19,20). The Morgan fingerprint density at radius 3 is 2.21 bits per heavy atom. The fourth-order valence-corrected chi connectivity index (χ4v) is 2.70. The number of hydrogen-bond donors (Lipinski definition) is 1. The highest BCUT2D eigenvalue weighted by atomic mass is 32.2. The van der Waals surface area contributed by atoms with Crippen LogP contribution in [-0.2, 0) is 14.8 Å². The maximum Gasteiger partial charge on any atom is 0.342 e. The van der Waals surface area contributed by atoms with Gasteiger partial charge in [0.2, 0.25) is 10.0 Å². The molecule has 0 atom stereocenters. The lowest BCUT2D eigenvalue weighted by molar-refractivity contribution is 0.0447. The molecule has 8 heteroatoms. The second-order valence-corrected chi connectivity index (χ2v) is 6.78. The Bertz CT molecular complexity index is 836. The summed E-state index contributed by atoms with van der Waals surface area (Å²) < 4.78 is 38.2. The van der Waals surface area contributed by atoms with Gasteiger partial charge in [-0.1, -0.05) is 0 Å². The van der Waals surface area contributed by atoms with Gasteiger partial charge in [-0.3, -0.25) is 0 Å². The molecular formula is C16H19NO6S. The van der Waals surface area contributed by atoms with Crippen molar-refractivity contribution in [3.8, 4) is 5.75 Å². The van der Waals surface area contributed by atoms with Crippen LogP contribution in [0, 0.1) is 20.8 Å². The number of rotatable bonds is 6. The van der Waals surface area contributed by atoms with E-state index in [-0.39, 0.29) is 18.1 Å². The van der Waals surface area contributed by atoms with E-state index in [2.05, 4.69) is 0 Å². The van der Waals surface area contributed by atoms with E-state index < -0.39 is 16.0 Å². The van der Waals surface area contributed by atoms with Crippen LogP contribution in [0.25, 0.3) is 0 Å². The van der Waals surface area contributed by atoms with E-state index in [0.29, 0.717) is 22.8 Å². The van der Waals surface area contributed by atoms with Crippen LogP contribution in [0.4, 0.5) is 0 Å². The molecule has 0 unspecified atom stereocenters. The summed E-state index contributed by atoms with van der Waals surface area (Å²) in [6, 6.07) is 5.65. The number of esters is 1. The smallest absolute Gasteiger partial charge is 0.342 e. The highest BCUT2D eigenvalue weighted by Crippen LogP contribution is 2.21. The summed E-state index contributed by atoms with van der Waals surface area (Å²) in [6.45, 7) is 5.48. The van der Waals surface area contributed by atoms with Crippen molar-refractivity contribution in [2.24, 2.45) is 5.14 Å². The van der Waals surface area contributed by atoms with Crippen molar-refractivity contribution >= 4 is 16.0 Å². The average Bonchev–Trinajstić information content (AvgIpc) is 2.76. The van der Waals surface area contributed by atoms with Gasteiger partial charge < -0.3 is 13.9 Å². The number of carbonyl (C=O) groups is 1. The number of sulfonamides is 1. The lowest BCUT2D eigenvalue weighted by atomic mass is 10.1. The minimum Gasteiger partial charge on any atom is -0.490 e. The first kappa shape index (κ1) is 18.0. The zero-order chi connectivity index (χ0) is 17.9. The Kier molecular flexibility index (Phi) is 5.30. The van der Waals surface area contributed by atoms with Crippen molar-refractivity contribution in [1.29, 1.82) is 0 Å². The van der Waals surface area contributed by atoms with Crippen LogP contribution in [0.15, 0.2) is 33.6 Å². The molecule has 0 bridgehead atoms. The second-order valence-electron chi connectivity index (χ2n) is 5.22. The molecule has 2 aromatic rings. The Morgan fingerprint density at radius 1 is 1.08 bits per heavy atom. The van der Waals surface area contributed by atoms with Gasteiger partial charge in [0.15, 0.2) is 0 Å². The molecule has 0 aliphatic rings.